The molecule has 3 heterocycles. The highest BCUT2D eigenvalue weighted by Gasteiger charge is 2.19. The molecule has 0 saturated carbocycles. The molecule has 1 aromatic carbocycles. The van der Waals surface area contributed by atoms with Crippen molar-refractivity contribution in [2.45, 2.75) is 32.6 Å². The number of carbonyl (C=O) groups is 2. The van der Waals surface area contributed by atoms with Crippen molar-refractivity contribution in [1.82, 2.24) is 34.6 Å². The van der Waals surface area contributed by atoms with Crippen LogP contribution in [-0.2, 0) is 9.59 Å². The normalized spacial score (nSPS) is 15.7. The van der Waals surface area contributed by atoms with Gasteiger partial charge in [0, 0.05) is 64.1 Å². The third-order valence-electron chi connectivity index (χ3n) is 7.31. The van der Waals surface area contributed by atoms with Gasteiger partial charge >= 0.3 is 0 Å². The topological polar surface area (TPSA) is 126 Å². The molecule has 214 valence electrons. The largest absolute Gasteiger partial charge is 0.476 e. The number of allylic oxidation sites excluding steroid dienone is 1. The molecule has 0 bridgehead atoms. The first-order valence-electron chi connectivity index (χ1n) is 14.0. The molecule has 0 spiro atoms. The fourth-order valence-corrected chi connectivity index (χ4v) is 4.95. The maximum atomic E-state index is 13.0. The van der Waals surface area contributed by atoms with Gasteiger partial charge in [-0.15, -0.1) is 0 Å². The van der Waals surface area contributed by atoms with Crippen LogP contribution in [0.25, 0.3) is 16.9 Å². The predicted octanol–water partition coefficient (Wildman–Crippen LogP) is 1.95. The number of ether oxygens (including phenoxy) is 1. The molecule has 1 aliphatic heterocycles. The van der Waals surface area contributed by atoms with Crippen LogP contribution in [0, 0.1) is 0 Å². The van der Waals surface area contributed by atoms with Crippen LogP contribution in [0.1, 0.15) is 38.2 Å². The molecule has 1 saturated heterocycles. The smallest absolute Gasteiger partial charge is 0.245 e. The lowest BCUT2D eigenvalue weighted by atomic mass is 9.89. The molecule has 2 aromatic heterocycles. The van der Waals surface area contributed by atoms with Crippen LogP contribution >= 0.6 is 0 Å². The monoisotopic (exact) mass is 549 g/mol. The van der Waals surface area contributed by atoms with E-state index in [-0.39, 0.29) is 30.3 Å². The summed E-state index contributed by atoms with van der Waals surface area (Å²) in [5.41, 5.74) is 3.35. The first-order valence-corrected chi connectivity index (χ1v) is 14.0. The van der Waals surface area contributed by atoms with Gasteiger partial charge in [-0.05, 0) is 37.0 Å². The van der Waals surface area contributed by atoms with Crippen LogP contribution in [0.3, 0.4) is 0 Å². The number of hydrogen-bond donors (Lipinski definition) is 2. The molecular formula is C29H39N7O4. The van der Waals surface area contributed by atoms with E-state index in [9.17, 15) is 9.59 Å². The number of aldehydes is 1. The van der Waals surface area contributed by atoms with Gasteiger partial charge < -0.3 is 15.2 Å². The van der Waals surface area contributed by atoms with E-state index in [4.69, 9.17) is 9.84 Å². The SMILES string of the molecule is CCOc1ncnc2c1ncn2-c1ccc(C(CC)CC(=O)/C(C=O)=C\NCCN2CCN(CCO)CC2)cc1. The van der Waals surface area contributed by atoms with Gasteiger partial charge in [-0.3, -0.25) is 24.0 Å². The number of β-amino-alcohol motifs (C(OH)–C–C–N with tert-alkyl or cyclic N) is 1. The number of nitrogens with zero attached hydrogens (tertiary/aromatic N) is 6. The third-order valence-corrected chi connectivity index (χ3v) is 7.31. The second kappa shape index (κ2) is 14.6. The van der Waals surface area contributed by atoms with E-state index in [2.05, 4.69) is 30.1 Å². The van der Waals surface area contributed by atoms with E-state index in [1.807, 2.05) is 42.7 Å². The summed E-state index contributed by atoms with van der Waals surface area (Å²) in [5, 5.41) is 12.2. The van der Waals surface area contributed by atoms with E-state index < -0.39 is 0 Å². The molecule has 1 atom stereocenters. The van der Waals surface area contributed by atoms with Crippen LogP contribution in [0.4, 0.5) is 0 Å². The van der Waals surface area contributed by atoms with E-state index in [0.29, 0.717) is 36.5 Å². The molecule has 0 aliphatic carbocycles. The average molecular weight is 550 g/mol. The van der Waals surface area contributed by atoms with Crippen molar-refractivity contribution in [2.75, 3.05) is 59.0 Å². The van der Waals surface area contributed by atoms with Crippen LogP contribution in [0.15, 0.2) is 48.7 Å². The Bertz CT molecular complexity index is 1280. The Morgan fingerprint density at radius 2 is 1.80 bits per heavy atom. The van der Waals surface area contributed by atoms with Crippen molar-refractivity contribution >= 4 is 23.2 Å². The van der Waals surface area contributed by atoms with Crippen molar-refractivity contribution in [3.05, 3.63) is 54.3 Å². The highest BCUT2D eigenvalue weighted by molar-refractivity contribution is 6.11. The lowest BCUT2D eigenvalue weighted by Crippen LogP contribution is -2.48. The van der Waals surface area contributed by atoms with Crippen LogP contribution < -0.4 is 10.1 Å². The zero-order chi connectivity index (χ0) is 28.3. The fraction of sp³-hybridized carbons (Fsp3) is 0.483. The van der Waals surface area contributed by atoms with Crippen LogP contribution in [0.2, 0.25) is 0 Å². The number of aliphatic hydroxyl groups excluding tert-OH is 1. The lowest BCUT2D eigenvalue weighted by molar-refractivity contribution is -0.118. The minimum absolute atomic E-state index is 0.00784. The summed E-state index contributed by atoms with van der Waals surface area (Å²) >= 11 is 0. The molecule has 1 aliphatic rings. The van der Waals surface area contributed by atoms with Crippen molar-refractivity contribution in [2.24, 2.45) is 0 Å². The van der Waals surface area contributed by atoms with E-state index in [1.54, 1.807) is 12.5 Å². The zero-order valence-electron chi connectivity index (χ0n) is 23.3. The van der Waals surface area contributed by atoms with Gasteiger partial charge in [-0.25, -0.2) is 9.97 Å². The highest BCUT2D eigenvalue weighted by atomic mass is 16.5. The molecule has 11 nitrogen and oxygen atoms in total. The third kappa shape index (κ3) is 7.29. The van der Waals surface area contributed by atoms with Crippen molar-refractivity contribution in [3.8, 4) is 11.6 Å². The number of nitrogens with one attached hydrogen (secondary N) is 1. The minimum atomic E-state index is -0.170. The Kier molecular flexibility index (Phi) is 10.7. The Morgan fingerprint density at radius 3 is 2.45 bits per heavy atom. The first kappa shape index (κ1) is 29.3. The number of fused-ring (bicyclic) bond motifs is 1. The van der Waals surface area contributed by atoms with Crippen molar-refractivity contribution < 1.29 is 19.4 Å². The first-order chi connectivity index (χ1) is 19.6. The number of benzene rings is 1. The van der Waals surface area contributed by atoms with Gasteiger partial charge in [0.1, 0.15) is 12.7 Å². The summed E-state index contributed by atoms with van der Waals surface area (Å²) in [6, 6.07) is 7.98. The molecule has 40 heavy (non-hydrogen) atoms. The molecule has 0 radical (unpaired) electrons. The Balaban J connectivity index is 1.33. The minimum Gasteiger partial charge on any atom is -0.476 e. The number of ketones is 1. The van der Waals surface area contributed by atoms with Crippen molar-refractivity contribution in [3.63, 3.8) is 0 Å². The van der Waals surface area contributed by atoms with Gasteiger partial charge in [0.25, 0.3) is 0 Å². The van der Waals surface area contributed by atoms with Gasteiger partial charge in [-0.1, -0.05) is 19.1 Å². The molecule has 11 heteroatoms. The van der Waals surface area contributed by atoms with Gasteiger partial charge in [-0.2, -0.15) is 4.98 Å². The van der Waals surface area contributed by atoms with E-state index in [1.165, 1.54) is 6.33 Å². The van der Waals surface area contributed by atoms with Crippen LogP contribution in [0.5, 0.6) is 5.88 Å². The molecule has 2 N–H and O–H groups in total. The lowest BCUT2D eigenvalue weighted by Gasteiger charge is -2.34. The Hall–Kier alpha value is -3.67. The highest BCUT2D eigenvalue weighted by Crippen LogP contribution is 2.27. The Morgan fingerprint density at radius 1 is 1.07 bits per heavy atom. The average Bonchev–Trinajstić information content (AvgIpc) is 3.42. The maximum absolute atomic E-state index is 13.0. The number of imidazole rings is 1. The molecule has 4 rings (SSSR count). The number of hydrogen-bond acceptors (Lipinski definition) is 10. The standard InChI is InChI=1S/C29H39N7O4/c1-3-22(17-26(39)24(19-38)18-30-9-10-34-11-13-35(14-12-34)15-16-37)23-5-7-25(8-6-23)36-21-33-27-28(36)31-20-32-29(27)40-4-2/h5-8,18-22,30,37H,3-4,9-17H2,1-2H3/b24-18-. The second-order valence-electron chi connectivity index (χ2n) is 9.80. The summed E-state index contributed by atoms with van der Waals surface area (Å²) < 4.78 is 7.44. The van der Waals surface area contributed by atoms with E-state index >= 15 is 0 Å². The van der Waals surface area contributed by atoms with Gasteiger partial charge in [0.05, 0.1) is 18.8 Å². The second-order valence-corrected chi connectivity index (χ2v) is 9.80. The number of aliphatic hydroxyl groups is 1. The Labute approximate surface area is 234 Å². The number of rotatable bonds is 15. The summed E-state index contributed by atoms with van der Waals surface area (Å²) in [4.78, 5) is 42.2. The summed E-state index contributed by atoms with van der Waals surface area (Å²) in [5.74, 6) is 0.279. The maximum Gasteiger partial charge on any atom is 0.245 e. The van der Waals surface area contributed by atoms with Gasteiger partial charge in [0.2, 0.25) is 5.88 Å². The summed E-state index contributed by atoms with van der Waals surface area (Å²) in [6.07, 6.45) is 6.38. The van der Waals surface area contributed by atoms with E-state index in [0.717, 1.165) is 56.9 Å². The molecule has 3 aromatic rings. The predicted molar refractivity (Wildman–Crippen MR) is 153 cm³/mol. The van der Waals surface area contributed by atoms with Gasteiger partial charge in [0.15, 0.2) is 23.2 Å². The molecule has 0 amide bonds. The number of Topliss-reactive ketones (excluding diaryl/α,β-unsaturated/α-hetero) is 1. The summed E-state index contributed by atoms with van der Waals surface area (Å²) in [6.45, 7) is 10.6. The zero-order valence-corrected chi connectivity index (χ0v) is 23.3. The molecule has 1 unspecified atom stereocenters. The fourth-order valence-electron chi connectivity index (χ4n) is 4.95. The van der Waals surface area contributed by atoms with Crippen molar-refractivity contribution in [1.29, 1.82) is 0 Å². The summed E-state index contributed by atoms with van der Waals surface area (Å²) in [7, 11) is 0. The number of aromatic nitrogens is 4. The van der Waals surface area contributed by atoms with Crippen LogP contribution in [-0.4, -0.2) is 106 Å². The molecule has 1 fully saturated rings. The molecular weight excluding hydrogens is 510 g/mol. The number of piperazine rings is 1. The number of carbonyl (C=O) groups excluding carboxylic acids is 2. The quantitative estimate of drug-likeness (QED) is 0.0955.